The molecular formula is C41H34O4. The molecule has 45 heavy (non-hydrogen) atoms. The van der Waals surface area contributed by atoms with Crippen molar-refractivity contribution in [3.63, 3.8) is 0 Å². The van der Waals surface area contributed by atoms with E-state index in [0.717, 1.165) is 30.2 Å². The first-order valence-electron chi connectivity index (χ1n) is 15.6. The second kappa shape index (κ2) is 12.0. The van der Waals surface area contributed by atoms with Crippen LogP contribution in [0, 0.1) is 0 Å². The van der Waals surface area contributed by atoms with Crippen molar-refractivity contribution in [1.82, 2.24) is 0 Å². The molecule has 0 aliphatic carbocycles. The summed E-state index contributed by atoms with van der Waals surface area (Å²) in [6.45, 7) is 3.74. The highest BCUT2D eigenvalue weighted by molar-refractivity contribution is 6.24. The lowest BCUT2D eigenvalue weighted by molar-refractivity contribution is -0.142. The van der Waals surface area contributed by atoms with E-state index in [1.807, 2.05) is 6.07 Å². The van der Waals surface area contributed by atoms with Crippen LogP contribution in [-0.2, 0) is 32.1 Å². The van der Waals surface area contributed by atoms with Gasteiger partial charge in [-0.15, -0.1) is 0 Å². The van der Waals surface area contributed by atoms with Crippen LogP contribution in [0.25, 0.3) is 64.6 Å². The lowest BCUT2D eigenvalue weighted by atomic mass is 9.91. The molecule has 8 aromatic rings. The molecule has 0 radical (unpaired) electrons. The summed E-state index contributed by atoms with van der Waals surface area (Å²) < 4.78 is 10.2. The quantitative estimate of drug-likeness (QED) is 0.105. The minimum absolute atomic E-state index is 0.197. The number of hydrogen-bond donors (Lipinski definition) is 0. The topological polar surface area (TPSA) is 52.6 Å². The molecule has 0 spiro atoms. The molecule has 0 aliphatic rings. The molecule has 0 saturated heterocycles. The minimum Gasteiger partial charge on any atom is -0.466 e. The molecule has 0 heterocycles. The Balaban J connectivity index is 0.000000146. The van der Waals surface area contributed by atoms with Crippen LogP contribution in [0.15, 0.2) is 109 Å². The normalized spacial score (nSPS) is 11.5. The third-order valence-electron chi connectivity index (χ3n) is 8.81. The van der Waals surface area contributed by atoms with E-state index in [4.69, 9.17) is 9.47 Å². The second-order valence-electron chi connectivity index (χ2n) is 11.7. The van der Waals surface area contributed by atoms with Gasteiger partial charge in [0.15, 0.2) is 0 Å². The molecule has 4 nitrogen and oxygen atoms in total. The molecule has 222 valence electrons. The third-order valence-corrected chi connectivity index (χ3v) is 8.81. The number of carbonyl (C=O) groups excluding carboxylic acids is 2. The Morgan fingerprint density at radius 1 is 0.467 bits per heavy atom. The first-order valence-corrected chi connectivity index (χ1v) is 15.6. The van der Waals surface area contributed by atoms with Crippen LogP contribution in [-0.4, -0.2) is 18.5 Å². The second-order valence-corrected chi connectivity index (χ2v) is 11.7. The monoisotopic (exact) mass is 590 g/mol. The molecule has 0 saturated carbocycles. The number of ether oxygens (including phenoxy) is 2. The zero-order valence-corrected chi connectivity index (χ0v) is 25.6. The van der Waals surface area contributed by atoms with Crippen molar-refractivity contribution in [3.8, 4) is 0 Å². The zero-order valence-electron chi connectivity index (χ0n) is 25.6. The summed E-state index contributed by atoms with van der Waals surface area (Å²) in [6.07, 6.45) is 2.94. The third kappa shape index (κ3) is 5.49. The molecule has 0 N–H and O–H groups in total. The predicted octanol–water partition coefficient (Wildman–Crippen LogP) is 10.1. The summed E-state index contributed by atoms with van der Waals surface area (Å²) in [5, 5.41) is 15.4. The van der Waals surface area contributed by atoms with Gasteiger partial charge in [-0.3, -0.25) is 9.59 Å². The van der Waals surface area contributed by atoms with Crippen LogP contribution in [0.3, 0.4) is 0 Å². The van der Waals surface area contributed by atoms with Gasteiger partial charge in [0.1, 0.15) is 6.61 Å². The Kier molecular flexibility index (Phi) is 7.64. The summed E-state index contributed by atoms with van der Waals surface area (Å²) in [5.74, 6) is -0.446. The number of esters is 2. The largest absolute Gasteiger partial charge is 0.466 e. The fourth-order valence-electron chi connectivity index (χ4n) is 6.75. The van der Waals surface area contributed by atoms with Crippen molar-refractivity contribution in [3.05, 3.63) is 120 Å². The van der Waals surface area contributed by atoms with Crippen molar-refractivity contribution in [1.29, 1.82) is 0 Å². The summed E-state index contributed by atoms with van der Waals surface area (Å²) in [6, 6.07) is 39.0. The van der Waals surface area contributed by atoms with Crippen LogP contribution in [0.5, 0.6) is 0 Å². The number of carbonyl (C=O) groups is 2. The molecule has 0 amide bonds. The lowest BCUT2D eigenvalue weighted by Gasteiger charge is -2.14. The Hall–Kier alpha value is -5.22. The predicted molar refractivity (Wildman–Crippen MR) is 185 cm³/mol. The molecule has 0 aliphatic heterocycles. The van der Waals surface area contributed by atoms with Gasteiger partial charge in [0.25, 0.3) is 0 Å². The van der Waals surface area contributed by atoms with Crippen molar-refractivity contribution in [2.75, 3.05) is 6.61 Å². The average Bonchev–Trinajstić information content (AvgIpc) is 3.06. The maximum Gasteiger partial charge on any atom is 0.302 e. The maximum absolute atomic E-state index is 11.1. The molecule has 0 bridgehead atoms. The first kappa shape index (κ1) is 28.5. The Morgan fingerprint density at radius 2 is 0.889 bits per heavy atom. The lowest BCUT2D eigenvalue weighted by Crippen LogP contribution is -2.01. The van der Waals surface area contributed by atoms with Crippen LogP contribution in [0.2, 0.25) is 0 Å². The number of hydrogen-bond acceptors (Lipinski definition) is 4. The summed E-state index contributed by atoms with van der Waals surface area (Å²) in [5.41, 5.74) is 2.43. The van der Waals surface area contributed by atoms with E-state index in [0.29, 0.717) is 13.2 Å². The minimum atomic E-state index is -0.249. The standard InChI is InChI=1S/C22H20O2.C19H14O2/c1-15(23)24-14-3-2-5-16-8-9-19-11-10-17-6-4-7-18-12-13-20(16)22(19)21(17)18;1-12(20)21-11-16-8-7-15-6-5-13-3-2-4-14-9-10-17(16)19(15)18(13)14/h4,6-13H,2-3,5,14H2,1H3;2-10H,11H2,1H3. The van der Waals surface area contributed by atoms with Gasteiger partial charge >= 0.3 is 11.9 Å². The van der Waals surface area contributed by atoms with Crippen LogP contribution in [0.4, 0.5) is 0 Å². The van der Waals surface area contributed by atoms with E-state index in [1.54, 1.807) is 0 Å². The molecule has 4 heteroatoms. The smallest absolute Gasteiger partial charge is 0.302 e. The molecule has 0 aromatic heterocycles. The van der Waals surface area contributed by atoms with E-state index in [-0.39, 0.29) is 11.9 Å². The van der Waals surface area contributed by atoms with Gasteiger partial charge in [-0.25, -0.2) is 0 Å². The van der Waals surface area contributed by atoms with Crippen LogP contribution in [0.1, 0.15) is 37.8 Å². The highest BCUT2D eigenvalue weighted by Gasteiger charge is 2.12. The van der Waals surface area contributed by atoms with Gasteiger partial charge < -0.3 is 9.47 Å². The first-order chi connectivity index (χ1) is 22.0. The highest BCUT2D eigenvalue weighted by Crippen LogP contribution is 2.37. The Labute approximate surface area is 261 Å². The summed E-state index contributed by atoms with van der Waals surface area (Å²) in [4.78, 5) is 21.9. The summed E-state index contributed by atoms with van der Waals surface area (Å²) >= 11 is 0. The van der Waals surface area contributed by atoms with Gasteiger partial charge in [-0.1, -0.05) is 109 Å². The van der Waals surface area contributed by atoms with Gasteiger partial charge in [0, 0.05) is 13.8 Å². The van der Waals surface area contributed by atoms with Crippen molar-refractivity contribution in [2.24, 2.45) is 0 Å². The van der Waals surface area contributed by atoms with Crippen molar-refractivity contribution >= 4 is 76.6 Å². The van der Waals surface area contributed by atoms with E-state index in [9.17, 15) is 9.59 Å². The Morgan fingerprint density at radius 3 is 1.40 bits per heavy atom. The highest BCUT2D eigenvalue weighted by atomic mass is 16.5. The fourth-order valence-corrected chi connectivity index (χ4v) is 6.75. The van der Waals surface area contributed by atoms with E-state index in [2.05, 4.69) is 103 Å². The Bertz CT molecular complexity index is 2280. The van der Waals surface area contributed by atoms with Crippen LogP contribution < -0.4 is 0 Å². The van der Waals surface area contributed by atoms with Gasteiger partial charge in [-0.2, -0.15) is 0 Å². The number of unbranched alkanes of at least 4 members (excludes halogenated alkanes) is 1. The van der Waals surface area contributed by atoms with Gasteiger partial charge in [-0.05, 0) is 95.0 Å². The van der Waals surface area contributed by atoms with E-state index < -0.39 is 0 Å². The average molecular weight is 591 g/mol. The van der Waals surface area contributed by atoms with E-state index in [1.165, 1.54) is 78.7 Å². The van der Waals surface area contributed by atoms with Crippen molar-refractivity contribution < 1.29 is 19.1 Å². The van der Waals surface area contributed by atoms with Gasteiger partial charge in [0.05, 0.1) is 6.61 Å². The number of aryl methyl sites for hydroxylation is 1. The number of benzene rings is 8. The molecule has 0 unspecified atom stereocenters. The molecule has 8 aromatic carbocycles. The summed E-state index contributed by atoms with van der Waals surface area (Å²) in [7, 11) is 0. The molecule has 8 rings (SSSR count). The zero-order chi connectivity index (χ0) is 30.9. The van der Waals surface area contributed by atoms with Crippen LogP contribution >= 0.6 is 0 Å². The molecular weight excluding hydrogens is 556 g/mol. The molecule has 0 fully saturated rings. The maximum atomic E-state index is 11.1. The van der Waals surface area contributed by atoms with Gasteiger partial charge in [0.2, 0.25) is 0 Å². The van der Waals surface area contributed by atoms with E-state index >= 15 is 0 Å². The SMILES string of the molecule is CC(=O)OCCCCc1ccc2ccc3cccc4ccc1c2c34.CC(=O)OCc1ccc2ccc3cccc4ccc1c2c34. The van der Waals surface area contributed by atoms with Crippen molar-refractivity contribution in [2.45, 2.75) is 39.7 Å². The molecule has 0 atom stereocenters. The fraction of sp³-hybridized carbons (Fsp3) is 0.171. The number of rotatable bonds is 7.